The summed E-state index contributed by atoms with van der Waals surface area (Å²) in [4.78, 5) is 24.4. The number of carbonyl (C=O) groups excluding carboxylic acids is 2. The van der Waals surface area contributed by atoms with Gasteiger partial charge in [0, 0.05) is 22.6 Å². The Labute approximate surface area is 134 Å². The van der Waals surface area contributed by atoms with Gasteiger partial charge in [0.05, 0.1) is 0 Å². The number of nitrogens with one attached hydrogen (secondary N) is 1. The van der Waals surface area contributed by atoms with Crippen LogP contribution in [0.5, 0.6) is 0 Å². The molecule has 0 aromatic heterocycles. The van der Waals surface area contributed by atoms with E-state index >= 15 is 0 Å². The Bertz CT molecular complexity index is 669. The predicted molar refractivity (Wildman–Crippen MR) is 89.0 cm³/mol. The lowest BCUT2D eigenvalue weighted by Crippen LogP contribution is -2.23. The van der Waals surface area contributed by atoms with Gasteiger partial charge in [0.25, 0.3) is 5.91 Å². The Morgan fingerprint density at radius 1 is 1.09 bits per heavy atom. The van der Waals surface area contributed by atoms with E-state index in [-0.39, 0.29) is 5.91 Å². The zero-order valence-corrected chi connectivity index (χ0v) is 13.2. The predicted octanol–water partition coefficient (Wildman–Crippen LogP) is 2.83. The third-order valence-electron chi connectivity index (χ3n) is 3.09. The number of primary amides is 1. The number of amides is 2. The maximum absolute atomic E-state index is 12.1. The van der Waals surface area contributed by atoms with Crippen LogP contribution in [-0.2, 0) is 6.54 Å². The zero-order valence-electron chi connectivity index (χ0n) is 12.3. The summed E-state index contributed by atoms with van der Waals surface area (Å²) in [6.07, 6.45) is 0. The number of thioether (sulfide) groups is 1. The first-order chi connectivity index (χ1) is 10.6. The van der Waals surface area contributed by atoms with Crippen LogP contribution in [0.25, 0.3) is 0 Å². The van der Waals surface area contributed by atoms with Crippen LogP contribution in [0.3, 0.4) is 0 Å². The number of carbonyl (C=O) groups is 2. The van der Waals surface area contributed by atoms with E-state index in [0.717, 1.165) is 16.2 Å². The molecule has 4 nitrogen and oxygen atoms in total. The summed E-state index contributed by atoms with van der Waals surface area (Å²) in [5.41, 5.74) is 7.13. The summed E-state index contributed by atoms with van der Waals surface area (Å²) in [5, 5.41) is 2.83. The van der Waals surface area contributed by atoms with E-state index < -0.39 is 5.91 Å². The van der Waals surface area contributed by atoms with Crippen molar-refractivity contribution in [3.63, 3.8) is 0 Å². The van der Waals surface area contributed by atoms with Crippen molar-refractivity contribution in [1.29, 1.82) is 0 Å². The fourth-order valence-corrected chi connectivity index (χ4v) is 2.65. The van der Waals surface area contributed by atoms with Crippen LogP contribution in [0.2, 0.25) is 0 Å². The topological polar surface area (TPSA) is 72.2 Å². The minimum Gasteiger partial charge on any atom is -0.366 e. The van der Waals surface area contributed by atoms with E-state index in [1.54, 1.807) is 30.0 Å². The second-order valence-electron chi connectivity index (χ2n) is 4.70. The molecule has 0 bridgehead atoms. The van der Waals surface area contributed by atoms with Crippen LogP contribution in [0.1, 0.15) is 33.2 Å². The molecule has 0 heterocycles. The molecule has 0 aliphatic carbocycles. The number of rotatable bonds is 6. The van der Waals surface area contributed by atoms with Crippen molar-refractivity contribution in [1.82, 2.24) is 5.32 Å². The lowest BCUT2D eigenvalue weighted by atomic mass is 10.1. The molecule has 3 N–H and O–H groups in total. The van der Waals surface area contributed by atoms with E-state index in [2.05, 4.69) is 12.2 Å². The van der Waals surface area contributed by atoms with Gasteiger partial charge < -0.3 is 11.1 Å². The summed E-state index contributed by atoms with van der Waals surface area (Å²) in [6.45, 7) is 2.44. The monoisotopic (exact) mass is 314 g/mol. The standard InChI is InChI=1S/C17H18N2O2S/c1-2-22-15-8-6-13(7-9-15)17(21)19-11-12-4-3-5-14(10-12)16(18)20/h3-10H,2,11H2,1H3,(H2,18,20)(H,19,21). The molecule has 2 amide bonds. The summed E-state index contributed by atoms with van der Waals surface area (Å²) < 4.78 is 0. The summed E-state index contributed by atoms with van der Waals surface area (Å²) >= 11 is 1.73. The van der Waals surface area contributed by atoms with Crippen LogP contribution in [0.15, 0.2) is 53.4 Å². The molecule has 0 radical (unpaired) electrons. The maximum Gasteiger partial charge on any atom is 0.251 e. The normalized spacial score (nSPS) is 10.2. The van der Waals surface area contributed by atoms with Crippen molar-refractivity contribution in [2.24, 2.45) is 5.73 Å². The van der Waals surface area contributed by atoms with Gasteiger partial charge in [-0.15, -0.1) is 11.8 Å². The highest BCUT2D eigenvalue weighted by Gasteiger charge is 2.06. The minimum absolute atomic E-state index is 0.141. The Balaban J connectivity index is 1.97. The molecule has 0 unspecified atom stereocenters. The van der Waals surface area contributed by atoms with Crippen molar-refractivity contribution in [3.8, 4) is 0 Å². The van der Waals surface area contributed by atoms with Crippen molar-refractivity contribution in [3.05, 3.63) is 65.2 Å². The van der Waals surface area contributed by atoms with Gasteiger partial charge in [-0.05, 0) is 47.7 Å². The summed E-state index contributed by atoms with van der Waals surface area (Å²) in [5.74, 6) is 0.386. The highest BCUT2D eigenvalue weighted by molar-refractivity contribution is 7.99. The fraction of sp³-hybridized carbons (Fsp3) is 0.176. The first-order valence-corrected chi connectivity index (χ1v) is 7.98. The smallest absolute Gasteiger partial charge is 0.251 e. The van der Waals surface area contributed by atoms with Gasteiger partial charge in [0.1, 0.15) is 0 Å². The van der Waals surface area contributed by atoms with Crippen LogP contribution < -0.4 is 11.1 Å². The van der Waals surface area contributed by atoms with Gasteiger partial charge in [-0.3, -0.25) is 9.59 Å². The van der Waals surface area contributed by atoms with E-state index in [9.17, 15) is 9.59 Å². The number of hydrogen-bond acceptors (Lipinski definition) is 3. The van der Waals surface area contributed by atoms with E-state index in [4.69, 9.17) is 5.73 Å². The number of hydrogen-bond donors (Lipinski definition) is 2. The maximum atomic E-state index is 12.1. The fourth-order valence-electron chi connectivity index (χ4n) is 1.99. The molecule has 0 saturated carbocycles. The van der Waals surface area contributed by atoms with Crippen molar-refractivity contribution in [2.75, 3.05) is 5.75 Å². The average Bonchev–Trinajstić information content (AvgIpc) is 2.54. The average molecular weight is 314 g/mol. The molecule has 0 saturated heterocycles. The van der Waals surface area contributed by atoms with Crippen molar-refractivity contribution >= 4 is 23.6 Å². The molecule has 0 aliphatic rings. The molecule has 2 aromatic carbocycles. The quantitative estimate of drug-likeness (QED) is 0.805. The second kappa shape index (κ2) is 7.66. The lowest BCUT2D eigenvalue weighted by Gasteiger charge is -2.07. The van der Waals surface area contributed by atoms with Gasteiger partial charge in [-0.25, -0.2) is 0 Å². The second-order valence-corrected chi connectivity index (χ2v) is 6.04. The van der Waals surface area contributed by atoms with Gasteiger partial charge in [0.2, 0.25) is 5.91 Å². The molecule has 114 valence electrons. The highest BCUT2D eigenvalue weighted by Crippen LogP contribution is 2.17. The van der Waals surface area contributed by atoms with Gasteiger partial charge in [-0.1, -0.05) is 19.1 Å². The Morgan fingerprint density at radius 2 is 1.82 bits per heavy atom. The lowest BCUT2D eigenvalue weighted by molar-refractivity contribution is 0.0950. The largest absolute Gasteiger partial charge is 0.366 e. The third-order valence-corrected chi connectivity index (χ3v) is 3.99. The molecule has 0 spiro atoms. The third kappa shape index (κ3) is 4.36. The molecule has 0 atom stereocenters. The van der Waals surface area contributed by atoms with E-state index in [1.165, 1.54) is 0 Å². The van der Waals surface area contributed by atoms with Gasteiger partial charge >= 0.3 is 0 Å². The van der Waals surface area contributed by atoms with E-state index in [0.29, 0.717) is 17.7 Å². The Hall–Kier alpha value is -2.27. The molecule has 0 aliphatic heterocycles. The first kappa shape index (κ1) is 16.1. The zero-order chi connectivity index (χ0) is 15.9. The van der Waals surface area contributed by atoms with Crippen LogP contribution in [0.4, 0.5) is 0 Å². The Kier molecular flexibility index (Phi) is 5.61. The number of benzene rings is 2. The molecule has 0 fully saturated rings. The summed E-state index contributed by atoms with van der Waals surface area (Å²) in [7, 11) is 0. The summed E-state index contributed by atoms with van der Waals surface area (Å²) in [6, 6.07) is 14.4. The highest BCUT2D eigenvalue weighted by atomic mass is 32.2. The molecule has 2 aromatic rings. The van der Waals surface area contributed by atoms with Crippen LogP contribution in [-0.4, -0.2) is 17.6 Å². The van der Waals surface area contributed by atoms with Crippen LogP contribution in [0, 0.1) is 0 Å². The Morgan fingerprint density at radius 3 is 2.45 bits per heavy atom. The van der Waals surface area contributed by atoms with Gasteiger partial charge in [0.15, 0.2) is 0 Å². The van der Waals surface area contributed by atoms with Crippen molar-refractivity contribution < 1.29 is 9.59 Å². The molecular formula is C17H18N2O2S. The van der Waals surface area contributed by atoms with Gasteiger partial charge in [-0.2, -0.15) is 0 Å². The van der Waals surface area contributed by atoms with E-state index in [1.807, 2.05) is 30.3 Å². The minimum atomic E-state index is -0.475. The molecular weight excluding hydrogens is 296 g/mol. The molecule has 2 rings (SSSR count). The van der Waals surface area contributed by atoms with Crippen molar-refractivity contribution in [2.45, 2.75) is 18.4 Å². The number of nitrogens with two attached hydrogens (primary N) is 1. The first-order valence-electron chi connectivity index (χ1n) is 7.00. The molecule has 22 heavy (non-hydrogen) atoms. The molecule has 5 heteroatoms. The van der Waals surface area contributed by atoms with Crippen LogP contribution >= 0.6 is 11.8 Å². The SMILES string of the molecule is CCSc1ccc(C(=O)NCc2cccc(C(N)=O)c2)cc1.